The molecule has 0 unspecified atom stereocenters. The average molecular weight is 845 g/mol. The topological polar surface area (TPSA) is 475 Å². The number of guanidine groups is 3. The van der Waals surface area contributed by atoms with Gasteiger partial charge in [0.05, 0.1) is 13.2 Å². The third-order valence-electron chi connectivity index (χ3n) is 7.91. The first-order valence-corrected chi connectivity index (χ1v) is 18.3. The van der Waals surface area contributed by atoms with Crippen LogP contribution in [0.15, 0.2) is 15.0 Å². The number of aliphatic carboxylic acids is 1. The van der Waals surface area contributed by atoms with Gasteiger partial charge in [-0.2, -0.15) is 0 Å². The van der Waals surface area contributed by atoms with Gasteiger partial charge in [0, 0.05) is 26.6 Å². The molecule has 0 saturated carbocycles. The van der Waals surface area contributed by atoms with E-state index in [1.54, 1.807) is 0 Å². The van der Waals surface area contributed by atoms with Crippen LogP contribution >= 0.6 is 0 Å². The lowest BCUT2D eigenvalue weighted by Gasteiger charge is -2.26. The summed E-state index contributed by atoms with van der Waals surface area (Å²) >= 11 is 0. The fourth-order valence-electron chi connectivity index (χ4n) is 4.82. The summed E-state index contributed by atoms with van der Waals surface area (Å²) in [5, 5.41) is 45.5. The number of amides is 7. The molecule has 0 saturated heterocycles. The number of hydrogen-bond acceptors (Lipinski definition) is 13. The van der Waals surface area contributed by atoms with Crippen molar-refractivity contribution in [3.63, 3.8) is 0 Å². The molecular weight excluding hydrogens is 784 g/mol. The zero-order valence-corrected chi connectivity index (χ0v) is 33.2. The Morgan fingerprint density at radius 2 is 0.746 bits per heavy atom. The minimum Gasteiger partial charge on any atom is -0.480 e. The number of carboxylic acids is 1. The zero-order chi connectivity index (χ0) is 45.2. The molecule has 0 fully saturated rings. The minimum absolute atomic E-state index is 0.00732. The predicted molar refractivity (Wildman–Crippen MR) is 212 cm³/mol. The number of aliphatic imine (C=N–C) groups is 3. The molecule has 0 aliphatic heterocycles. The summed E-state index contributed by atoms with van der Waals surface area (Å²) in [6.07, 6.45) is 0.211. The van der Waals surface area contributed by atoms with Gasteiger partial charge in [0.1, 0.15) is 42.3 Å². The van der Waals surface area contributed by atoms with Crippen molar-refractivity contribution in [3.05, 3.63) is 0 Å². The molecule has 22 N–H and O–H groups in total. The van der Waals surface area contributed by atoms with Crippen LogP contribution in [0.4, 0.5) is 0 Å². The number of carboxylic acid groups (broad SMARTS) is 1. The number of carbonyl (C=O) groups is 8. The molecule has 27 nitrogen and oxygen atoms in total. The molecule has 0 spiro atoms. The van der Waals surface area contributed by atoms with Gasteiger partial charge in [0.25, 0.3) is 0 Å². The summed E-state index contributed by atoms with van der Waals surface area (Å²) in [6.45, 7) is 1.82. The van der Waals surface area contributed by atoms with Gasteiger partial charge < -0.3 is 86.9 Å². The van der Waals surface area contributed by atoms with Crippen LogP contribution in [0.1, 0.15) is 59.3 Å². The smallest absolute Gasteiger partial charge is 0.325 e. The van der Waals surface area contributed by atoms with Crippen molar-refractivity contribution < 1.29 is 53.7 Å². The summed E-state index contributed by atoms with van der Waals surface area (Å²) in [6, 6.07) is -9.96. The number of aliphatic hydroxyl groups excluding tert-OH is 2. The Balaban J connectivity index is 6.15. The van der Waals surface area contributed by atoms with Crippen LogP contribution in [-0.4, -0.2) is 156 Å². The molecule has 0 aromatic rings. The maximum Gasteiger partial charge on any atom is 0.325 e. The molecule has 0 aliphatic rings. The van der Waals surface area contributed by atoms with Gasteiger partial charge in [-0.3, -0.25) is 53.3 Å². The molecule has 0 aromatic heterocycles. The predicted octanol–water partition coefficient (Wildman–Crippen LogP) is -8.33. The Morgan fingerprint density at radius 1 is 0.458 bits per heavy atom. The molecule has 0 aliphatic carbocycles. The second-order valence-electron chi connectivity index (χ2n) is 13.0. The molecule has 0 aromatic carbocycles. The third kappa shape index (κ3) is 22.7. The largest absolute Gasteiger partial charge is 0.480 e. The lowest BCUT2D eigenvalue weighted by molar-refractivity contribution is -0.141. The number of nitrogens with one attached hydrogen (secondary N) is 7. The highest BCUT2D eigenvalue weighted by molar-refractivity contribution is 5.97. The highest BCUT2D eigenvalue weighted by atomic mass is 16.4. The lowest BCUT2D eigenvalue weighted by atomic mass is 10.1. The van der Waals surface area contributed by atoms with Gasteiger partial charge in [-0.15, -0.1) is 0 Å². The van der Waals surface area contributed by atoms with Crippen molar-refractivity contribution in [2.24, 2.45) is 49.4 Å². The van der Waals surface area contributed by atoms with E-state index >= 15 is 0 Å². The van der Waals surface area contributed by atoms with E-state index in [0.29, 0.717) is 0 Å². The molecular formula is C32H60N16O11. The van der Waals surface area contributed by atoms with E-state index in [-0.39, 0.29) is 76.0 Å². The second-order valence-corrected chi connectivity index (χ2v) is 13.0. The maximum absolute atomic E-state index is 13.6. The van der Waals surface area contributed by atoms with Gasteiger partial charge in [-0.25, -0.2) is 0 Å². The molecule has 7 amide bonds. The van der Waals surface area contributed by atoms with Crippen molar-refractivity contribution in [2.75, 3.05) is 32.8 Å². The van der Waals surface area contributed by atoms with Crippen LogP contribution in [0.25, 0.3) is 0 Å². The second kappa shape index (κ2) is 28.0. The molecule has 0 rings (SSSR count). The van der Waals surface area contributed by atoms with Crippen molar-refractivity contribution in [3.8, 4) is 0 Å². The van der Waals surface area contributed by atoms with Crippen LogP contribution in [-0.2, 0) is 38.4 Å². The summed E-state index contributed by atoms with van der Waals surface area (Å²) in [7, 11) is 0. The van der Waals surface area contributed by atoms with Gasteiger partial charge in [-0.1, -0.05) is 0 Å². The van der Waals surface area contributed by atoms with Gasteiger partial charge in [-0.05, 0) is 52.4 Å². The van der Waals surface area contributed by atoms with E-state index in [4.69, 9.17) is 39.5 Å². The Bertz CT molecular complexity index is 1530. The van der Waals surface area contributed by atoms with Crippen LogP contribution in [0, 0.1) is 0 Å². The first kappa shape index (κ1) is 52.5. The van der Waals surface area contributed by atoms with Gasteiger partial charge >= 0.3 is 5.97 Å². The summed E-state index contributed by atoms with van der Waals surface area (Å²) < 4.78 is 0. The Morgan fingerprint density at radius 3 is 1.05 bits per heavy atom. The Labute approximate surface area is 339 Å². The van der Waals surface area contributed by atoms with Crippen molar-refractivity contribution in [2.45, 2.75) is 102 Å². The van der Waals surface area contributed by atoms with Gasteiger partial charge in [0.15, 0.2) is 17.9 Å². The van der Waals surface area contributed by atoms with E-state index in [2.05, 4.69) is 52.2 Å². The van der Waals surface area contributed by atoms with Crippen molar-refractivity contribution in [1.82, 2.24) is 37.2 Å². The van der Waals surface area contributed by atoms with Crippen LogP contribution in [0.5, 0.6) is 0 Å². The standard InChI is InChI=1S/C32H60N16O11/c1-15(23(52)43-16(2)29(58)59)42-24(53)19(8-5-11-40-31(35)36)45-27(56)22(14-50)48-26(55)20(9-6-12-41-32(37)38)46-28(57)21(13-49)47-25(54)18(44-17(3)51)7-4-10-39-30(33)34/h15-16,18-22,49-50H,4-14H2,1-3H3,(H,42,53)(H,43,52)(H,44,51)(H,45,56)(H,46,57)(H,47,54)(H,48,55)(H,58,59)(H4,33,34,39)(H4,35,36,40)(H4,37,38,41)/t15-,16-,18-,19-,20-,21-,22-/m0/s1. The number of rotatable bonds is 28. The fraction of sp³-hybridized carbons (Fsp3) is 0.656. The van der Waals surface area contributed by atoms with E-state index in [9.17, 15) is 48.6 Å². The van der Waals surface area contributed by atoms with Crippen molar-refractivity contribution in [1.29, 1.82) is 0 Å². The average Bonchev–Trinajstić information content (AvgIpc) is 3.15. The monoisotopic (exact) mass is 844 g/mol. The quantitative estimate of drug-likeness (QED) is 0.0197. The number of nitrogens with two attached hydrogens (primary N) is 6. The van der Waals surface area contributed by atoms with Gasteiger partial charge in [0.2, 0.25) is 41.4 Å². The molecule has 0 radical (unpaired) electrons. The van der Waals surface area contributed by atoms with Crippen LogP contribution < -0.4 is 71.6 Å². The molecule has 27 heteroatoms. The number of aliphatic hydroxyl groups is 2. The molecule has 59 heavy (non-hydrogen) atoms. The summed E-state index contributed by atoms with van der Waals surface area (Å²) in [5.41, 5.74) is 32.0. The molecule has 0 bridgehead atoms. The lowest BCUT2D eigenvalue weighted by Crippen LogP contribution is -2.60. The normalized spacial score (nSPS) is 14.1. The molecule has 7 atom stereocenters. The highest BCUT2D eigenvalue weighted by Crippen LogP contribution is 2.05. The molecule has 0 heterocycles. The SMILES string of the molecule is CC(=O)N[C@@H](CCCN=C(N)N)C(=O)N[C@@H](CO)C(=O)N[C@@H](CCCN=C(N)N)C(=O)N[C@@H](CO)C(=O)N[C@@H](CCCN=C(N)N)C(=O)N[C@@H](C)C(=O)N[C@@H](C)C(=O)O. The third-order valence-corrected chi connectivity index (χ3v) is 7.91. The van der Waals surface area contributed by atoms with E-state index in [1.807, 2.05) is 0 Å². The molecule has 334 valence electrons. The zero-order valence-electron chi connectivity index (χ0n) is 33.2. The van der Waals surface area contributed by atoms with Crippen LogP contribution in [0.2, 0.25) is 0 Å². The maximum atomic E-state index is 13.6. The summed E-state index contributed by atoms with van der Waals surface area (Å²) in [4.78, 5) is 113. The van der Waals surface area contributed by atoms with E-state index in [0.717, 1.165) is 6.92 Å². The summed E-state index contributed by atoms with van der Waals surface area (Å²) in [5.74, 6) is -8.33. The van der Waals surface area contributed by atoms with E-state index in [1.165, 1.54) is 13.8 Å². The van der Waals surface area contributed by atoms with Crippen LogP contribution in [0.3, 0.4) is 0 Å². The number of carbonyl (C=O) groups excluding carboxylic acids is 7. The Hall–Kier alpha value is -6.51. The van der Waals surface area contributed by atoms with E-state index < -0.39 is 103 Å². The highest BCUT2D eigenvalue weighted by Gasteiger charge is 2.32. The fourth-order valence-corrected chi connectivity index (χ4v) is 4.82. The first-order valence-electron chi connectivity index (χ1n) is 18.3. The van der Waals surface area contributed by atoms with Crippen molar-refractivity contribution >= 4 is 65.2 Å². The Kier molecular flexibility index (Phi) is 24.9. The minimum atomic E-state index is -1.73. The number of nitrogens with zero attached hydrogens (tertiary/aromatic N) is 3. The number of hydrogen-bond donors (Lipinski definition) is 16. The first-order chi connectivity index (χ1) is 27.6.